The van der Waals surface area contributed by atoms with Crippen molar-refractivity contribution in [2.75, 3.05) is 26.5 Å². The van der Waals surface area contributed by atoms with E-state index in [0.29, 0.717) is 11.5 Å². The molecule has 1 saturated heterocycles. The van der Waals surface area contributed by atoms with Crippen LogP contribution in [0.2, 0.25) is 0 Å². The molecule has 0 aliphatic carbocycles. The van der Waals surface area contributed by atoms with Crippen LogP contribution >= 0.6 is 11.8 Å². The summed E-state index contributed by atoms with van der Waals surface area (Å²) < 4.78 is 10.8. The predicted octanol–water partition coefficient (Wildman–Crippen LogP) is 3.90. The molecule has 1 aromatic rings. The number of rotatable bonds is 5. The SMILES string of the molecule is COc1ccc(C2CCCN2C(=O)CSC(C)(C)C)cc1OC. The Labute approximate surface area is 143 Å². The lowest BCUT2D eigenvalue weighted by molar-refractivity contribution is -0.129. The summed E-state index contributed by atoms with van der Waals surface area (Å²) in [5.41, 5.74) is 1.12. The highest BCUT2D eigenvalue weighted by atomic mass is 32.2. The molecule has 1 atom stereocenters. The van der Waals surface area contributed by atoms with Crippen molar-refractivity contribution < 1.29 is 14.3 Å². The van der Waals surface area contributed by atoms with E-state index in [1.807, 2.05) is 23.1 Å². The van der Waals surface area contributed by atoms with Crippen LogP contribution in [-0.4, -0.2) is 42.1 Å². The third kappa shape index (κ3) is 4.56. The van der Waals surface area contributed by atoms with E-state index in [1.54, 1.807) is 26.0 Å². The Morgan fingerprint density at radius 1 is 1.26 bits per heavy atom. The highest BCUT2D eigenvalue weighted by molar-refractivity contribution is 8.01. The number of likely N-dealkylation sites (tertiary alicyclic amines) is 1. The van der Waals surface area contributed by atoms with Crippen LogP contribution in [0.15, 0.2) is 18.2 Å². The molecule has 5 heteroatoms. The van der Waals surface area contributed by atoms with Crippen molar-refractivity contribution in [1.29, 1.82) is 0 Å². The van der Waals surface area contributed by atoms with Gasteiger partial charge in [-0.1, -0.05) is 26.8 Å². The van der Waals surface area contributed by atoms with Gasteiger partial charge in [0, 0.05) is 11.3 Å². The Hall–Kier alpha value is -1.36. The number of methoxy groups -OCH3 is 2. The fraction of sp³-hybridized carbons (Fsp3) is 0.611. The largest absolute Gasteiger partial charge is 0.493 e. The van der Waals surface area contributed by atoms with E-state index in [0.717, 1.165) is 30.7 Å². The summed E-state index contributed by atoms with van der Waals surface area (Å²) in [6, 6.07) is 6.09. The number of hydrogen-bond donors (Lipinski definition) is 0. The van der Waals surface area contributed by atoms with Gasteiger partial charge in [0.15, 0.2) is 11.5 Å². The standard InChI is InChI=1S/C18H27NO3S/c1-18(2,3)23-12-17(20)19-10-6-7-14(19)13-8-9-15(21-4)16(11-13)22-5/h8-9,11,14H,6-7,10,12H2,1-5H3. The first-order valence-corrected chi connectivity index (χ1v) is 8.99. The molecule has 128 valence electrons. The van der Waals surface area contributed by atoms with Crippen molar-refractivity contribution in [1.82, 2.24) is 4.90 Å². The Balaban J connectivity index is 2.13. The quantitative estimate of drug-likeness (QED) is 0.817. The minimum Gasteiger partial charge on any atom is -0.493 e. The molecule has 4 nitrogen and oxygen atoms in total. The van der Waals surface area contributed by atoms with E-state index < -0.39 is 0 Å². The number of hydrogen-bond acceptors (Lipinski definition) is 4. The van der Waals surface area contributed by atoms with Gasteiger partial charge >= 0.3 is 0 Å². The van der Waals surface area contributed by atoms with Crippen LogP contribution in [0.3, 0.4) is 0 Å². The maximum atomic E-state index is 12.6. The summed E-state index contributed by atoms with van der Waals surface area (Å²) in [4.78, 5) is 14.6. The molecule has 0 aromatic heterocycles. The number of carbonyl (C=O) groups excluding carboxylic acids is 1. The fourth-order valence-electron chi connectivity index (χ4n) is 2.83. The van der Waals surface area contributed by atoms with Crippen LogP contribution in [0.1, 0.15) is 45.2 Å². The zero-order valence-electron chi connectivity index (χ0n) is 14.7. The van der Waals surface area contributed by atoms with Crippen LogP contribution in [0.5, 0.6) is 11.5 Å². The lowest BCUT2D eigenvalue weighted by Gasteiger charge is -2.27. The van der Waals surface area contributed by atoms with Gasteiger partial charge in [-0.25, -0.2) is 0 Å². The molecule has 1 amide bonds. The number of carbonyl (C=O) groups is 1. The number of benzene rings is 1. The smallest absolute Gasteiger partial charge is 0.233 e. The molecule has 0 bridgehead atoms. The third-order valence-corrected chi connectivity index (χ3v) is 5.25. The van der Waals surface area contributed by atoms with E-state index in [9.17, 15) is 4.79 Å². The Kier molecular flexibility index (Phi) is 5.84. The van der Waals surface area contributed by atoms with Gasteiger partial charge in [0.05, 0.1) is 26.0 Å². The molecule has 2 rings (SSSR count). The Morgan fingerprint density at radius 3 is 2.57 bits per heavy atom. The van der Waals surface area contributed by atoms with Gasteiger partial charge in [-0.3, -0.25) is 4.79 Å². The molecular formula is C18H27NO3S. The van der Waals surface area contributed by atoms with Gasteiger partial charge in [-0.05, 0) is 30.5 Å². The van der Waals surface area contributed by atoms with Gasteiger partial charge in [0.25, 0.3) is 0 Å². The van der Waals surface area contributed by atoms with Crippen molar-refractivity contribution in [2.24, 2.45) is 0 Å². The zero-order valence-corrected chi connectivity index (χ0v) is 15.5. The second-order valence-corrected chi connectivity index (χ2v) is 8.56. The van der Waals surface area contributed by atoms with Crippen LogP contribution in [0, 0.1) is 0 Å². The molecule has 1 heterocycles. The van der Waals surface area contributed by atoms with E-state index in [1.165, 1.54) is 0 Å². The highest BCUT2D eigenvalue weighted by Gasteiger charge is 2.31. The lowest BCUT2D eigenvalue weighted by Crippen LogP contribution is -2.33. The molecule has 0 N–H and O–H groups in total. The minimum absolute atomic E-state index is 0.105. The fourth-order valence-corrected chi connectivity index (χ4v) is 3.56. The van der Waals surface area contributed by atoms with Crippen LogP contribution in [-0.2, 0) is 4.79 Å². The summed E-state index contributed by atoms with van der Waals surface area (Å²) in [6.45, 7) is 7.25. The van der Waals surface area contributed by atoms with Gasteiger partial charge in [-0.2, -0.15) is 0 Å². The van der Waals surface area contributed by atoms with Gasteiger partial charge in [0.2, 0.25) is 5.91 Å². The monoisotopic (exact) mass is 337 g/mol. The molecule has 1 aliphatic rings. The third-order valence-electron chi connectivity index (χ3n) is 3.99. The first-order chi connectivity index (χ1) is 10.9. The van der Waals surface area contributed by atoms with Gasteiger partial charge in [0.1, 0.15) is 0 Å². The van der Waals surface area contributed by atoms with E-state index in [4.69, 9.17) is 9.47 Å². The summed E-state index contributed by atoms with van der Waals surface area (Å²) in [5.74, 6) is 2.19. The van der Waals surface area contributed by atoms with Crippen molar-refractivity contribution in [3.05, 3.63) is 23.8 Å². The molecule has 1 aliphatic heterocycles. The van der Waals surface area contributed by atoms with Crippen molar-refractivity contribution in [3.8, 4) is 11.5 Å². The zero-order chi connectivity index (χ0) is 17.0. The maximum Gasteiger partial charge on any atom is 0.233 e. The van der Waals surface area contributed by atoms with Gasteiger partial charge < -0.3 is 14.4 Å². The maximum absolute atomic E-state index is 12.6. The second kappa shape index (κ2) is 7.47. The van der Waals surface area contributed by atoms with Crippen LogP contribution in [0.4, 0.5) is 0 Å². The van der Waals surface area contributed by atoms with Crippen molar-refractivity contribution in [3.63, 3.8) is 0 Å². The lowest BCUT2D eigenvalue weighted by atomic mass is 10.0. The van der Waals surface area contributed by atoms with E-state index in [2.05, 4.69) is 20.8 Å². The number of ether oxygens (including phenoxy) is 2. The molecule has 0 radical (unpaired) electrons. The van der Waals surface area contributed by atoms with Gasteiger partial charge in [-0.15, -0.1) is 11.8 Å². The topological polar surface area (TPSA) is 38.8 Å². The second-order valence-electron chi connectivity index (χ2n) is 6.76. The van der Waals surface area contributed by atoms with E-state index >= 15 is 0 Å². The minimum atomic E-state index is 0.105. The first-order valence-electron chi connectivity index (χ1n) is 8.01. The molecule has 1 aromatic carbocycles. The molecule has 1 unspecified atom stereocenters. The van der Waals surface area contributed by atoms with E-state index in [-0.39, 0.29) is 16.7 Å². The predicted molar refractivity (Wildman–Crippen MR) is 95.4 cm³/mol. The summed E-state index contributed by atoms with van der Waals surface area (Å²) >= 11 is 1.70. The number of nitrogens with zero attached hydrogens (tertiary/aromatic N) is 1. The Bertz CT molecular complexity index is 554. The van der Waals surface area contributed by atoms with Crippen molar-refractivity contribution in [2.45, 2.75) is 44.4 Å². The average molecular weight is 337 g/mol. The average Bonchev–Trinajstić information content (AvgIpc) is 3.00. The van der Waals surface area contributed by atoms with Crippen molar-refractivity contribution >= 4 is 17.7 Å². The molecule has 23 heavy (non-hydrogen) atoms. The Morgan fingerprint density at radius 2 is 1.96 bits per heavy atom. The van der Waals surface area contributed by atoms with Crippen LogP contribution < -0.4 is 9.47 Å². The number of thioether (sulfide) groups is 1. The van der Waals surface area contributed by atoms with Crippen LogP contribution in [0.25, 0.3) is 0 Å². The highest BCUT2D eigenvalue weighted by Crippen LogP contribution is 2.37. The molecular weight excluding hydrogens is 310 g/mol. The molecule has 1 fully saturated rings. The summed E-state index contributed by atoms with van der Waals surface area (Å²) in [6.07, 6.45) is 2.05. The normalized spacial score (nSPS) is 18.1. The molecule has 0 saturated carbocycles. The number of amides is 1. The summed E-state index contributed by atoms with van der Waals surface area (Å²) in [5, 5.41) is 0. The molecule has 0 spiro atoms. The summed E-state index contributed by atoms with van der Waals surface area (Å²) in [7, 11) is 3.27. The first kappa shape index (κ1) is 18.0.